The molecule has 2 atom stereocenters. The van der Waals surface area contributed by atoms with Crippen molar-refractivity contribution in [3.63, 3.8) is 0 Å². The van der Waals surface area contributed by atoms with Gasteiger partial charge in [-0.2, -0.15) is 5.10 Å². The molecular weight excluding hydrogens is 492 g/mol. The number of aromatic nitrogens is 2. The zero-order valence-corrected chi connectivity index (χ0v) is 22.2. The zero-order chi connectivity index (χ0) is 27.0. The van der Waals surface area contributed by atoms with Gasteiger partial charge in [0.1, 0.15) is 0 Å². The van der Waals surface area contributed by atoms with Gasteiger partial charge in [-0.1, -0.05) is 48.5 Å². The summed E-state index contributed by atoms with van der Waals surface area (Å²) >= 11 is 0. The first-order valence-electron chi connectivity index (χ1n) is 13.8. The van der Waals surface area contributed by atoms with Crippen LogP contribution in [0.1, 0.15) is 52.0 Å². The molecular formula is C30H36N6O3. The Bertz CT molecular complexity index is 1260. The Hall–Kier alpha value is -3.98. The molecule has 9 heteroatoms. The fourth-order valence-corrected chi connectivity index (χ4v) is 5.37. The topological polar surface area (TPSA) is 99.6 Å². The summed E-state index contributed by atoms with van der Waals surface area (Å²) in [6, 6.07) is 18.9. The van der Waals surface area contributed by atoms with Crippen LogP contribution >= 0.6 is 0 Å². The van der Waals surface area contributed by atoms with Crippen LogP contribution in [0, 0.1) is 0 Å². The maximum absolute atomic E-state index is 13.5. The molecule has 2 aliphatic heterocycles. The molecule has 3 amide bonds. The van der Waals surface area contributed by atoms with Gasteiger partial charge in [-0.3, -0.25) is 19.1 Å². The van der Waals surface area contributed by atoms with Gasteiger partial charge in [0.15, 0.2) is 0 Å². The Morgan fingerprint density at radius 2 is 1.62 bits per heavy atom. The second-order valence-electron chi connectivity index (χ2n) is 10.3. The summed E-state index contributed by atoms with van der Waals surface area (Å²) in [5.41, 5.74) is 2.30. The van der Waals surface area contributed by atoms with Crippen LogP contribution in [0.5, 0.6) is 0 Å². The van der Waals surface area contributed by atoms with Crippen LogP contribution in [0.3, 0.4) is 0 Å². The van der Waals surface area contributed by atoms with Crippen molar-refractivity contribution in [2.45, 2.75) is 44.3 Å². The average molecular weight is 529 g/mol. The number of hydrogen-bond donors (Lipinski definition) is 2. The molecule has 5 rings (SSSR count). The molecule has 2 N–H and O–H groups in total. The lowest BCUT2D eigenvalue weighted by Gasteiger charge is -2.30. The molecule has 2 fully saturated rings. The summed E-state index contributed by atoms with van der Waals surface area (Å²) in [5, 5.41) is 10.7. The van der Waals surface area contributed by atoms with E-state index in [1.165, 1.54) is 0 Å². The molecule has 39 heavy (non-hydrogen) atoms. The summed E-state index contributed by atoms with van der Waals surface area (Å²) in [7, 11) is 0. The standard InChI is InChI=1S/C30H36N6O3/c37-28-27-18-26(20-32-27)36(30(39)24-12-5-2-6-13-24)17-9-16-34(15-8-7-14-31-28)29(38)25-19-33-35(22-25)21-23-10-3-1-4-11-23/h1-6,10-13,19,22,26-27,32H,7-9,14-18,20-21H2,(H,31,37)/t26-,27-/m0/s1. The van der Waals surface area contributed by atoms with E-state index in [4.69, 9.17) is 0 Å². The van der Waals surface area contributed by atoms with Crippen molar-refractivity contribution in [2.24, 2.45) is 0 Å². The molecule has 1 aromatic heterocycles. The average Bonchev–Trinajstić information content (AvgIpc) is 3.64. The predicted molar refractivity (Wildman–Crippen MR) is 148 cm³/mol. The van der Waals surface area contributed by atoms with Gasteiger partial charge >= 0.3 is 0 Å². The highest BCUT2D eigenvalue weighted by Crippen LogP contribution is 2.19. The van der Waals surface area contributed by atoms with E-state index in [1.54, 1.807) is 17.1 Å². The molecule has 9 nitrogen and oxygen atoms in total. The van der Waals surface area contributed by atoms with E-state index in [0.29, 0.717) is 63.2 Å². The summed E-state index contributed by atoms with van der Waals surface area (Å²) in [5.74, 6) is -0.134. The van der Waals surface area contributed by atoms with Crippen molar-refractivity contribution in [2.75, 3.05) is 32.7 Å². The molecule has 0 aliphatic carbocycles. The Kier molecular flexibility index (Phi) is 8.68. The van der Waals surface area contributed by atoms with Gasteiger partial charge in [-0.05, 0) is 43.4 Å². The van der Waals surface area contributed by atoms with Gasteiger partial charge in [0.05, 0.1) is 24.3 Å². The van der Waals surface area contributed by atoms with E-state index >= 15 is 0 Å². The lowest BCUT2D eigenvalue weighted by atomic mass is 10.1. The van der Waals surface area contributed by atoms with E-state index in [0.717, 1.165) is 18.4 Å². The van der Waals surface area contributed by atoms with Crippen LogP contribution in [-0.4, -0.2) is 82.1 Å². The molecule has 3 heterocycles. The molecule has 204 valence electrons. The second kappa shape index (κ2) is 12.7. The van der Waals surface area contributed by atoms with Crippen molar-refractivity contribution in [1.29, 1.82) is 0 Å². The smallest absolute Gasteiger partial charge is 0.257 e. The summed E-state index contributed by atoms with van der Waals surface area (Å²) in [6.45, 7) is 3.35. The summed E-state index contributed by atoms with van der Waals surface area (Å²) in [6.07, 6.45) is 6.22. The second-order valence-corrected chi connectivity index (χ2v) is 10.3. The number of rotatable bonds is 4. The molecule has 3 aromatic rings. The predicted octanol–water partition coefficient (Wildman–Crippen LogP) is 2.55. The summed E-state index contributed by atoms with van der Waals surface area (Å²) < 4.78 is 1.78. The Balaban J connectivity index is 1.30. The van der Waals surface area contributed by atoms with Crippen LogP contribution in [-0.2, 0) is 11.3 Å². The van der Waals surface area contributed by atoms with Crippen LogP contribution < -0.4 is 10.6 Å². The normalized spacial score (nSPS) is 20.8. The Morgan fingerprint density at radius 1 is 0.872 bits per heavy atom. The van der Waals surface area contributed by atoms with Crippen LogP contribution in [0.25, 0.3) is 0 Å². The van der Waals surface area contributed by atoms with Gasteiger partial charge in [0.25, 0.3) is 11.8 Å². The number of nitrogens with one attached hydrogen (secondary N) is 2. The van der Waals surface area contributed by atoms with Crippen molar-refractivity contribution >= 4 is 17.7 Å². The van der Waals surface area contributed by atoms with Gasteiger partial charge < -0.3 is 20.4 Å². The van der Waals surface area contributed by atoms with E-state index < -0.39 is 0 Å². The lowest BCUT2D eigenvalue weighted by molar-refractivity contribution is -0.122. The molecule has 2 bridgehead atoms. The molecule has 0 spiro atoms. The minimum absolute atomic E-state index is 0.0274. The molecule has 0 radical (unpaired) electrons. The molecule has 0 saturated carbocycles. The van der Waals surface area contributed by atoms with Crippen LogP contribution in [0.4, 0.5) is 0 Å². The number of amides is 3. The molecule has 2 aliphatic rings. The Morgan fingerprint density at radius 3 is 2.41 bits per heavy atom. The van der Waals surface area contributed by atoms with Crippen molar-refractivity contribution in [1.82, 2.24) is 30.2 Å². The van der Waals surface area contributed by atoms with Gasteiger partial charge in [-0.25, -0.2) is 0 Å². The quantitative estimate of drug-likeness (QED) is 0.542. The number of nitrogens with zero attached hydrogens (tertiary/aromatic N) is 4. The van der Waals surface area contributed by atoms with E-state index in [9.17, 15) is 14.4 Å². The van der Waals surface area contributed by atoms with Crippen molar-refractivity contribution in [3.8, 4) is 0 Å². The maximum atomic E-state index is 13.5. The van der Waals surface area contributed by atoms with Crippen LogP contribution in [0.15, 0.2) is 73.1 Å². The largest absolute Gasteiger partial charge is 0.355 e. The highest BCUT2D eigenvalue weighted by atomic mass is 16.2. The Labute approximate surface area is 229 Å². The van der Waals surface area contributed by atoms with E-state index in [1.807, 2.05) is 70.5 Å². The van der Waals surface area contributed by atoms with Gasteiger partial charge in [0, 0.05) is 50.5 Å². The lowest BCUT2D eigenvalue weighted by Crippen LogP contribution is -2.44. The zero-order valence-electron chi connectivity index (χ0n) is 22.2. The highest BCUT2D eigenvalue weighted by molar-refractivity contribution is 5.95. The number of carbonyl (C=O) groups is 3. The SMILES string of the molecule is O=C1NCCCCN(C(=O)c2cnn(Cc3ccccc3)c2)CCCN(C(=O)c2ccccc2)[C@@H]2CN[C@H]1C2. The number of hydrogen-bond acceptors (Lipinski definition) is 5. The third kappa shape index (κ3) is 6.72. The molecule has 2 saturated heterocycles. The minimum Gasteiger partial charge on any atom is -0.355 e. The third-order valence-electron chi connectivity index (χ3n) is 7.48. The first kappa shape index (κ1) is 26.6. The van der Waals surface area contributed by atoms with E-state index in [-0.39, 0.29) is 29.8 Å². The first-order valence-corrected chi connectivity index (χ1v) is 13.8. The molecule has 2 aromatic carbocycles. The van der Waals surface area contributed by atoms with Gasteiger partial charge in [0.2, 0.25) is 5.91 Å². The molecule has 0 unspecified atom stereocenters. The fraction of sp³-hybridized carbons (Fsp3) is 0.400. The number of fused-ring (bicyclic) bond motifs is 2. The van der Waals surface area contributed by atoms with Crippen LogP contribution in [0.2, 0.25) is 0 Å². The first-order chi connectivity index (χ1) is 19.1. The fourth-order valence-electron chi connectivity index (χ4n) is 5.37. The maximum Gasteiger partial charge on any atom is 0.257 e. The summed E-state index contributed by atoms with van der Waals surface area (Å²) in [4.78, 5) is 43.5. The minimum atomic E-state index is -0.297. The number of benzene rings is 2. The highest BCUT2D eigenvalue weighted by Gasteiger charge is 2.35. The monoisotopic (exact) mass is 528 g/mol. The third-order valence-corrected chi connectivity index (χ3v) is 7.48. The number of carbonyl (C=O) groups excluding carboxylic acids is 3. The van der Waals surface area contributed by atoms with Gasteiger partial charge in [-0.15, -0.1) is 0 Å². The van der Waals surface area contributed by atoms with Crippen molar-refractivity contribution < 1.29 is 14.4 Å². The van der Waals surface area contributed by atoms with E-state index in [2.05, 4.69) is 15.7 Å². The van der Waals surface area contributed by atoms with Crippen molar-refractivity contribution in [3.05, 3.63) is 89.7 Å².